The zero-order valence-corrected chi connectivity index (χ0v) is 13.6. The number of nitrogens with one attached hydrogen (secondary N) is 1. The van der Waals surface area contributed by atoms with E-state index >= 15 is 0 Å². The first kappa shape index (κ1) is 14.7. The van der Waals surface area contributed by atoms with Crippen LogP contribution >= 0.6 is 11.6 Å². The van der Waals surface area contributed by atoms with E-state index in [2.05, 4.69) is 34.3 Å². The van der Waals surface area contributed by atoms with E-state index in [0.717, 1.165) is 34.8 Å². The molecule has 1 aromatic carbocycles. The molecule has 0 amide bonds. The number of halogens is 1. The van der Waals surface area contributed by atoms with Gasteiger partial charge in [-0.1, -0.05) is 23.7 Å². The summed E-state index contributed by atoms with van der Waals surface area (Å²) in [5.74, 6) is 1.25. The Kier molecular flexibility index (Phi) is 3.79. The lowest BCUT2D eigenvalue weighted by Crippen LogP contribution is -2.38. The second-order valence-corrected chi connectivity index (χ2v) is 6.67. The lowest BCUT2D eigenvalue weighted by atomic mass is 9.85. The Morgan fingerprint density at radius 3 is 2.83 bits per heavy atom. The van der Waals surface area contributed by atoms with Crippen molar-refractivity contribution in [1.29, 1.82) is 0 Å². The smallest absolute Gasteiger partial charge is 0.170 e. The monoisotopic (exact) mass is 327 g/mol. The molecular formula is C18H18ClN3O. The second-order valence-electron chi connectivity index (χ2n) is 6.24. The average Bonchev–Trinajstić information content (AvgIpc) is 3.02. The summed E-state index contributed by atoms with van der Waals surface area (Å²) in [6, 6.07) is 10.7. The summed E-state index contributed by atoms with van der Waals surface area (Å²) in [7, 11) is 0. The topological polar surface area (TPSA) is 51.0 Å². The SMILES string of the molecule is CC1CC(c2ncc3occc3n2)CC(c2ccc(Cl)cc2)N1. The summed E-state index contributed by atoms with van der Waals surface area (Å²) in [5, 5.41) is 4.43. The molecule has 1 saturated heterocycles. The lowest BCUT2D eigenvalue weighted by molar-refractivity contribution is 0.300. The summed E-state index contributed by atoms with van der Waals surface area (Å²) in [5.41, 5.74) is 2.88. The summed E-state index contributed by atoms with van der Waals surface area (Å²) < 4.78 is 5.33. The van der Waals surface area contributed by atoms with Gasteiger partial charge in [0.25, 0.3) is 0 Å². The van der Waals surface area contributed by atoms with Crippen molar-refractivity contribution in [3.8, 4) is 0 Å². The number of hydrogen-bond acceptors (Lipinski definition) is 4. The van der Waals surface area contributed by atoms with Crippen LogP contribution in [-0.2, 0) is 0 Å². The minimum Gasteiger partial charge on any atom is -0.461 e. The van der Waals surface area contributed by atoms with E-state index in [1.807, 2.05) is 18.2 Å². The highest BCUT2D eigenvalue weighted by atomic mass is 35.5. The van der Waals surface area contributed by atoms with E-state index < -0.39 is 0 Å². The first-order valence-corrected chi connectivity index (χ1v) is 8.28. The molecule has 0 bridgehead atoms. The van der Waals surface area contributed by atoms with Crippen molar-refractivity contribution in [2.24, 2.45) is 0 Å². The van der Waals surface area contributed by atoms with Crippen LogP contribution in [0, 0.1) is 0 Å². The molecule has 3 unspecified atom stereocenters. The quantitative estimate of drug-likeness (QED) is 0.754. The molecule has 4 nitrogen and oxygen atoms in total. The third-order valence-corrected chi connectivity index (χ3v) is 4.76. The van der Waals surface area contributed by atoms with Crippen molar-refractivity contribution in [3.63, 3.8) is 0 Å². The van der Waals surface area contributed by atoms with E-state index in [1.165, 1.54) is 5.56 Å². The van der Waals surface area contributed by atoms with Gasteiger partial charge in [-0.25, -0.2) is 9.97 Å². The van der Waals surface area contributed by atoms with Crippen molar-refractivity contribution in [3.05, 3.63) is 59.2 Å². The second kappa shape index (κ2) is 5.95. The molecule has 0 radical (unpaired) electrons. The predicted octanol–water partition coefficient (Wildman–Crippen LogP) is 4.47. The Labute approximate surface area is 139 Å². The Morgan fingerprint density at radius 1 is 1.17 bits per heavy atom. The zero-order chi connectivity index (χ0) is 15.8. The van der Waals surface area contributed by atoms with Crippen LogP contribution in [0.1, 0.15) is 43.1 Å². The van der Waals surface area contributed by atoms with Gasteiger partial charge in [0.15, 0.2) is 5.58 Å². The van der Waals surface area contributed by atoms with Crippen LogP contribution in [0.5, 0.6) is 0 Å². The number of nitrogens with zero attached hydrogens (tertiary/aromatic N) is 2. The predicted molar refractivity (Wildman–Crippen MR) is 90.6 cm³/mol. The van der Waals surface area contributed by atoms with Crippen LogP contribution in [-0.4, -0.2) is 16.0 Å². The van der Waals surface area contributed by atoms with Crippen LogP contribution < -0.4 is 5.32 Å². The Balaban J connectivity index is 1.62. The minimum absolute atomic E-state index is 0.296. The van der Waals surface area contributed by atoms with Crippen molar-refractivity contribution in [2.45, 2.75) is 37.8 Å². The molecule has 0 spiro atoms. The van der Waals surface area contributed by atoms with Crippen molar-refractivity contribution < 1.29 is 4.42 Å². The molecule has 118 valence electrons. The number of fused-ring (bicyclic) bond motifs is 1. The molecule has 1 aliphatic rings. The third kappa shape index (κ3) is 2.96. The summed E-state index contributed by atoms with van der Waals surface area (Å²) in [4.78, 5) is 9.21. The molecule has 1 fully saturated rings. The molecule has 3 heterocycles. The summed E-state index contributed by atoms with van der Waals surface area (Å²) in [6.07, 6.45) is 5.45. The van der Waals surface area contributed by atoms with Crippen LogP contribution in [0.25, 0.3) is 11.1 Å². The maximum absolute atomic E-state index is 6.00. The number of piperidine rings is 1. The molecule has 5 heteroatoms. The molecule has 0 saturated carbocycles. The molecule has 3 atom stereocenters. The number of rotatable bonds is 2. The molecule has 2 aromatic heterocycles. The fourth-order valence-corrected chi connectivity index (χ4v) is 3.53. The van der Waals surface area contributed by atoms with Gasteiger partial charge in [0.05, 0.1) is 12.5 Å². The zero-order valence-electron chi connectivity index (χ0n) is 12.9. The van der Waals surface area contributed by atoms with Gasteiger partial charge in [-0.3, -0.25) is 0 Å². The third-order valence-electron chi connectivity index (χ3n) is 4.50. The standard InChI is InChI=1S/C18H18ClN3O/c1-11-8-13(18-20-10-17-15(22-18)6-7-23-17)9-16(21-11)12-2-4-14(19)5-3-12/h2-7,10-11,13,16,21H,8-9H2,1H3. The highest BCUT2D eigenvalue weighted by Gasteiger charge is 2.29. The molecule has 23 heavy (non-hydrogen) atoms. The Hall–Kier alpha value is -1.91. The van der Waals surface area contributed by atoms with E-state index in [4.69, 9.17) is 16.0 Å². The molecule has 1 N–H and O–H groups in total. The van der Waals surface area contributed by atoms with Crippen molar-refractivity contribution >= 4 is 22.7 Å². The number of benzene rings is 1. The van der Waals surface area contributed by atoms with Crippen molar-refractivity contribution in [2.75, 3.05) is 0 Å². The van der Waals surface area contributed by atoms with Gasteiger partial charge in [0.1, 0.15) is 11.3 Å². The first-order chi connectivity index (χ1) is 11.2. The Morgan fingerprint density at radius 2 is 2.00 bits per heavy atom. The molecule has 1 aliphatic heterocycles. The van der Waals surface area contributed by atoms with Crippen molar-refractivity contribution in [1.82, 2.24) is 15.3 Å². The fourth-order valence-electron chi connectivity index (χ4n) is 3.40. The van der Waals surface area contributed by atoms with E-state index in [-0.39, 0.29) is 0 Å². The van der Waals surface area contributed by atoms with Gasteiger partial charge < -0.3 is 9.73 Å². The van der Waals surface area contributed by atoms with Gasteiger partial charge in [-0.15, -0.1) is 0 Å². The number of aromatic nitrogens is 2. The first-order valence-electron chi connectivity index (χ1n) is 7.90. The van der Waals surface area contributed by atoms with Gasteiger partial charge >= 0.3 is 0 Å². The fraction of sp³-hybridized carbons (Fsp3) is 0.333. The molecule has 4 rings (SSSR count). The van der Waals surface area contributed by atoms with Crippen LogP contribution in [0.15, 0.2) is 47.2 Å². The van der Waals surface area contributed by atoms with Gasteiger partial charge in [-0.05, 0) is 37.5 Å². The van der Waals surface area contributed by atoms with Crippen LogP contribution in [0.3, 0.4) is 0 Å². The van der Waals surface area contributed by atoms with Crippen LogP contribution in [0.2, 0.25) is 5.02 Å². The minimum atomic E-state index is 0.296. The molecule has 0 aliphatic carbocycles. The molecule has 3 aromatic rings. The van der Waals surface area contributed by atoms with E-state index in [1.54, 1.807) is 12.5 Å². The summed E-state index contributed by atoms with van der Waals surface area (Å²) >= 11 is 6.00. The largest absolute Gasteiger partial charge is 0.461 e. The highest BCUT2D eigenvalue weighted by molar-refractivity contribution is 6.30. The van der Waals surface area contributed by atoms with Gasteiger partial charge in [0.2, 0.25) is 0 Å². The Bertz CT molecular complexity index is 815. The maximum atomic E-state index is 6.00. The highest BCUT2D eigenvalue weighted by Crippen LogP contribution is 2.35. The van der Waals surface area contributed by atoms with Gasteiger partial charge in [0, 0.05) is 29.1 Å². The van der Waals surface area contributed by atoms with Gasteiger partial charge in [-0.2, -0.15) is 0 Å². The van der Waals surface area contributed by atoms with E-state index in [9.17, 15) is 0 Å². The summed E-state index contributed by atoms with van der Waals surface area (Å²) in [6.45, 7) is 2.21. The average molecular weight is 328 g/mol. The van der Waals surface area contributed by atoms with Crippen LogP contribution in [0.4, 0.5) is 0 Å². The lowest BCUT2D eigenvalue weighted by Gasteiger charge is -2.34. The normalized spacial score (nSPS) is 24.9. The maximum Gasteiger partial charge on any atom is 0.170 e. The molecular weight excluding hydrogens is 310 g/mol. The number of furan rings is 1. The van der Waals surface area contributed by atoms with E-state index in [0.29, 0.717) is 18.0 Å². The number of hydrogen-bond donors (Lipinski definition) is 1.